The fourth-order valence-corrected chi connectivity index (χ4v) is 3.23. The second kappa shape index (κ2) is 5.49. The molecular weight excluding hydrogens is 220 g/mol. The lowest BCUT2D eigenvalue weighted by Crippen LogP contribution is -2.47. The Morgan fingerprint density at radius 3 is 2.67 bits per heavy atom. The van der Waals surface area contributed by atoms with Crippen LogP contribution in [-0.2, 0) is 0 Å². The summed E-state index contributed by atoms with van der Waals surface area (Å²) in [6, 6.07) is 0. The van der Waals surface area contributed by atoms with Crippen LogP contribution in [0.4, 0.5) is 0 Å². The van der Waals surface area contributed by atoms with E-state index in [9.17, 15) is 5.11 Å². The molecule has 1 fully saturated rings. The average Bonchev–Trinajstić information content (AvgIpc) is 2.40. The van der Waals surface area contributed by atoms with Crippen LogP contribution in [0.3, 0.4) is 0 Å². The Kier molecular flexibility index (Phi) is 4.17. The molecule has 0 amide bonds. The molecule has 1 nitrogen and oxygen atoms in total. The highest BCUT2D eigenvalue weighted by atomic mass is 16.3. The summed E-state index contributed by atoms with van der Waals surface area (Å²) >= 11 is 0. The van der Waals surface area contributed by atoms with Crippen LogP contribution >= 0.6 is 0 Å². The van der Waals surface area contributed by atoms with Crippen molar-refractivity contribution in [2.24, 2.45) is 17.8 Å². The van der Waals surface area contributed by atoms with Gasteiger partial charge in [-0.1, -0.05) is 38.7 Å². The molecular formula is C17H26O. The van der Waals surface area contributed by atoms with Gasteiger partial charge >= 0.3 is 0 Å². The van der Waals surface area contributed by atoms with Crippen molar-refractivity contribution in [3.63, 3.8) is 0 Å². The minimum absolute atomic E-state index is 0.276. The van der Waals surface area contributed by atoms with E-state index < -0.39 is 5.60 Å². The molecule has 0 spiro atoms. The summed E-state index contributed by atoms with van der Waals surface area (Å²) in [5, 5.41) is 10.9. The molecule has 0 aromatic rings. The van der Waals surface area contributed by atoms with Crippen LogP contribution in [0.25, 0.3) is 0 Å². The Balaban J connectivity index is 2.18. The van der Waals surface area contributed by atoms with Crippen LogP contribution in [0.5, 0.6) is 0 Å². The van der Waals surface area contributed by atoms with Crippen molar-refractivity contribution < 1.29 is 5.11 Å². The summed E-state index contributed by atoms with van der Waals surface area (Å²) in [5.41, 5.74) is 0.461. The molecule has 100 valence electrons. The fraction of sp³-hybridized carbons (Fsp3) is 0.765. The van der Waals surface area contributed by atoms with Crippen LogP contribution in [0.15, 0.2) is 11.6 Å². The van der Waals surface area contributed by atoms with E-state index in [1.807, 2.05) is 0 Å². The first kappa shape index (κ1) is 13.7. The molecule has 2 rings (SSSR count). The van der Waals surface area contributed by atoms with Crippen molar-refractivity contribution in [3.8, 4) is 11.8 Å². The van der Waals surface area contributed by atoms with Crippen LogP contribution in [0.2, 0.25) is 0 Å². The lowest BCUT2D eigenvalue weighted by Gasteiger charge is -2.43. The molecule has 1 N–H and O–H groups in total. The van der Waals surface area contributed by atoms with Crippen molar-refractivity contribution in [2.45, 2.75) is 64.9 Å². The van der Waals surface area contributed by atoms with E-state index in [1.165, 1.54) is 24.8 Å². The molecule has 1 saturated carbocycles. The first-order valence-corrected chi connectivity index (χ1v) is 7.48. The molecule has 4 atom stereocenters. The van der Waals surface area contributed by atoms with Crippen molar-refractivity contribution >= 4 is 0 Å². The predicted octanol–water partition coefficient (Wildman–Crippen LogP) is 3.92. The van der Waals surface area contributed by atoms with Gasteiger partial charge in [0.15, 0.2) is 0 Å². The molecule has 0 aliphatic heterocycles. The van der Waals surface area contributed by atoms with E-state index >= 15 is 0 Å². The highest BCUT2D eigenvalue weighted by Gasteiger charge is 2.43. The molecule has 0 aromatic heterocycles. The summed E-state index contributed by atoms with van der Waals surface area (Å²) in [5.74, 6) is 7.65. The topological polar surface area (TPSA) is 20.2 Å². The Hall–Kier alpha value is -0.740. The Labute approximate surface area is 112 Å². The van der Waals surface area contributed by atoms with Gasteiger partial charge in [0.05, 0.1) is 0 Å². The zero-order valence-electron chi connectivity index (χ0n) is 12.0. The van der Waals surface area contributed by atoms with Crippen molar-refractivity contribution in [2.75, 3.05) is 0 Å². The van der Waals surface area contributed by atoms with Crippen LogP contribution in [0, 0.1) is 29.6 Å². The predicted molar refractivity (Wildman–Crippen MR) is 76.0 cm³/mol. The third-order valence-corrected chi connectivity index (χ3v) is 5.07. The van der Waals surface area contributed by atoms with Crippen LogP contribution in [0.1, 0.15) is 59.3 Å². The third kappa shape index (κ3) is 2.64. The molecule has 4 unspecified atom stereocenters. The van der Waals surface area contributed by atoms with Gasteiger partial charge in [0.25, 0.3) is 0 Å². The maximum atomic E-state index is 10.9. The zero-order valence-corrected chi connectivity index (χ0v) is 12.0. The smallest absolute Gasteiger partial charge is 0.131 e. The summed E-state index contributed by atoms with van der Waals surface area (Å²) in [6.07, 6.45) is 9.36. The lowest BCUT2D eigenvalue weighted by molar-refractivity contribution is -0.0544. The van der Waals surface area contributed by atoms with Gasteiger partial charge in [0, 0.05) is 0 Å². The fourth-order valence-electron chi connectivity index (χ4n) is 3.23. The number of aliphatic hydroxyl groups is 1. The summed E-state index contributed by atoms with van der Waals surface area (Å²) in [4.78, 5) is 0. The standard InChI is InChI=1S/C17H26O/c1-13-9-10-14(2)17(18,15(13)3)12-11-16-7-5-4-6-8-16/h7,13-15,18H,4-6,8-10H2,1-3H3. The van der Waals surface area contributed by atoms with Crippen molar-refractivity contribution in [3.05, 3.63) is 11.6 Å². The third-order valence-electron chi connectivity index (χ3n) is 5.07. The minimum atomic E-state index is -0.782. The highest BCUT2D eigenvalue weighted by Crippen LogP contribution is 2.41. The number of rotatable bonds is 0. The monoisotopic (exact) mass is 246 g/mol. The van der Waals surface area contributed by atoms with E-state index in [4.69, 9.17) is 0 Å². The second-order valence-electron chi connectivity index (χ2n) is 6.29. The maximum Gasteiger partial charge on any atom is 0.131 e. The molecule has 0 bridgehead atoms. The molecule has 2 aliphatic rings. The molecule has 0 saturated heterocycles. The van der Waals surface area contributed by atoms with E-state index in [0.717, 1.165) is 19.3 Å². The molecule has 2 aliphatic carbocycles. The molecule has 0 aromatic carbocycles. The number of hydrogen-bond donors (Lipinski definition) is 1. The molecule has 0 radical (unpaired) electrons. The highest BCUT2D eigenvalue weighted by molar-refractivity contribution is 5.34. The van der Waals surface area contributed by atoms with Crippen LogP contribution in [-0.4, -0.2) is 10.7 Å². The van der Waals surface area contributed by atoms with Gasteiger partial charge in [-0.3, -0.25) is 0 Å². The van der Waals surface area contributed by atoms with Gasteiger partial charge in [0.2, 0.25) is 0 Å². The average molecular weight is 246 g/mol. The number of hydrogen-bond acceptors (Lipinski definition) is 1. The quantitative estimate of drug-likeness (QED) is 0.642. The zero-order chi connectivity index (χ0) is 13.2. The molecule has 18 heavy (non-hydrogen) atoms. The maximum absolute atomic E-state index is 10.9. The van der Waals surface area contributed by atoms with Crippen LogP contribution < -0.4 is 0 Å². The van der Waals surface area contributed by atoms with Crippen molar-refractivity contribution in [1.82, 2.24) is 0 Å². The van der Waals surface area contributed by atoms with E-state index in [-0.39, 0.29) is 5.92 Å². The van der Waals surface area contributed by atoms with Crippen molar-refractivity contribution in [1.29, 1.82) is 0 Å². The molecule has 0 heterocycles. The Morgan fingerprint density at radius 1 is 1.22 bits per heavy atom. The largest absolute Gasteiger partial charge is 0.377 e. The van der Waals surface area contributed by atoms with Gasteiger partial charge in [-0.25, -0.2) is 0 Å². The van der Waals surface area contributed by atoms with Gasteiger partial charge in [-0.15, -0.1) is 0 Å². The Bertz CT molecular complexity index is 384. The lowest BCUT2D eigenvalue weighted by atomic mass is 9.65. The molecule has 1 heteroatoms. The summed E-state index contributed by atoms with van der Waals surface area (Å²) in [7, 11) is 0. The number of allylic oxidation sites excluding steroid dienone is 2. The first-order valence-electron chi connectivity index (χ1n) is 7.48. The SMILES string of the molecule is CC1CCC(C)C(O)(C#CC2=CCCCC2)C1C. The summed E-state index contributed by atoms with van der Waals surface area (Å²) < 4.78 is 0. The van der Waals surface area contributed by atoms with E-state index in [2.05, 4.69) is 38.7 Å². The second-order valence-corrected chi connectivity index (χ2v) is 6.29. The van der Waals surface area contributed by atoms with Gasteiger partial charge in [-0.2, -0.15) is 0 Å². The van der Waals surface area contributed by atoms with E-state index in [1.54, 1.807) is 0 Å². The normalized spacial score (nSPS) is 40.7. The summed E-state index contributed by atoms with van der Waals surface area (Å²) in [6.45, 7) is 6.54. The van der Waals surface area contributed by atoms with E-state index in [0.29, 0.717) is 11.8 Å². The van der Waals surface area contributed by atoms with Gasteiger partial charge < -0.3 is 5.11 Å². The van der Waals surface area contributed by atoms with Gasteiger partial charge in [0.1, 0.15) is 5.60 Å². The first-order chi connectivity index (χ1) is 8.54. The van der Waals surface area contributed by atoms with Gasteiger partial charge in [-0.05, 0) is 61.9 Å². The minimum Gasteiger partial charge on any atom is -0.377 e. The Morgan fingerprint density at radius 2 is 2.00 bits per heavy atom.